The van der Waals surface area contributed by atoms with Gasteiger partial charge < -0.3 is 15.7 Å². The summed E-state index contributed by atoms with van der Waals surface area (Å²) in [7, 11) is 0. The minimum absolute atomic E-state index is 0.0926. The van der Waals surface area contributed by atoms with Crippen molar-refractivity contribution in [2.45, 2.75) is 0 Å². The lowest BCUT2D eigenvalue weighted by Gasteiger charge is -2.18. The Bertz CT molecular complexity index is 418. The van der Waals surface area contributed by atoms with E-state index in [1.807, 2.05) is 0 Å². The molecule has 0 aliphatic heterocycles. The molecule has 0 bridgehead atoms. The Labute approximate surface area is 96.1 Å². The van der Waals surface area contributed by atoms with Gasteiger partial charge in [-0.15, -0.1) is 0 Å². The maximum Gasteiger partial charge on any atom is 0.323 e. The van der Waals surface area contributed by atoms with Crippen LogP contribution in [0.3, 0.4) is 0 Å². The lowest BCUT2D eigenvalue weighted by atomic mass is 10.3. The summed E-state index contributed by atoms with van der Waals surface area (Å²) in [6.07, 6.45) is 3.68. The lowest BCUT2D eigenvalue weighted by Crippen LogP contribution is -2.41. The molecule has 3 N–H and O–H groups in total. The van der Waals surface area contributed by atoms with Crippen LogP contribution in [0.2, 0.25) is 0 Å². The third-order valence-electron chi connectivity index (χ3n) is 1.77. The smallest absolute Gasteiger partial charge is 0.323 e. The second-order valence-corrected chi connectivity index (χ2v) is 3.15. The molecule has 0 unspecified atom stereocenters. The van der Waals surface area contributed by atoms with Crippen molar-refractivity contribution in [1.29, 1.82) is 0 Å². The zero-order chi connectivity index (χ0) is 12.8. The van der Waals surface area contributed by atoms with E-state index in [9.17, 15) is 14.4 Å². The summed E-state index contributed by atoms with van der Waals surface area (Å²) in [5, 5.41) is 8.62. The van der Waals surface area contributed by atoms with Gasteiger partial charge in [0.2, 0.25) is 5.91 Å². The van der Waals surface area contributed by atoms with Gasteiger partial charge in [-0.05, 0) is 0 Å². The third kappa shape index (κ3) is 3.86. The van der Waals surface area contributed by atoms with Gasteiger partial charge in [0.25, 0.3) is 5.91 Å². The van der Waals surface area contributed by atoms with Crippen molar-refractivity contribution in [3.63, 3.8) is 0 Å². The Hall–Kier alpha value is -2.51. The van der Waals surface area contributed by atoms with Gasteiger partial charge in [-0.2, -0.15) is 0 Å². The van der Waals surface area contributed by atoms with Gasteiger partial charge in [0.05, 0.1) is 5.56 Å². The average Bonchev–Trinajstić information content (AvgIpc) is 2.27. The second kappa shape index (κ2) is 5.54. The number of carboxylic acid groups (broad SMARTS) is 1. The molecule has 1 rings (SSSR count). The number of aliphatic carboxylic acids is 1. The molecule has 0 fully saturated rings. The molecule has 0 aromatic carbocycles. The minimum atomic E-state index is -1.24. The number of hydrogen-bond donors (Lipinski definition) is 2. The van der Waals surface area contributed by atoms with Crippen LogP contribution in [0.15, 0.2) is 18.7 Å². The molecule has 2 amide bonds. The fraction of sp³-hybridized carbons (Fsp3) is 0.222. The van der Waals surface area contributed by atoms with Crippen LogP contribution in [-0.4, -0.2) is 50.8 Å². The van der Waals surface area contributed by atoms with E-state index in [0.717, 1.165) is 4.90 Å². The van der Waals surface area contributed by atoms with Crippen molar-refractivity contribution < 1.29 is 19.5 Å². The van der Waals surface area contributed by atoms with Crippen molar-refractivity contribution >= 4 is 17.8 Å². The van der Waals surface area contributed by atoms with Gasteiger partial charge in [-0.1, -0.05) is 0 Å². The minimum Gasteiger partial charge on any atom is -0.480 e. The zero-order valence-electron chi connectivity index (χ0n) is 8.74. The van der Waals surface area contributed by atoms with E-state index < -0.39 is 30.9 Å². The molecule has 8 heteroatoms. The lowest BCUT2D eigenvalue weighted by molar-refractivity contribution is -0.138. The molecule has 90 valence electrons. The van der Waals surface area contributed by atoms with Crippen LogP contribution < -0.4 is 5.73 Å². The van der Waals surface area contributed by atoms with Gasteiger partial charge in [-0.25, -0.2) is 9.97 Å². The van der Waals surface area contributed by atoms with Gasteiger partial charge in [0.15, 0.2) is 0 Å². The van der Waals surface area contributed by atoms with Crippen molar-refractivity contribution in [3.05, 3.63) is 24.3 Å². The van der Waals surface area contributed by atoms with Gasteiger partial charge in [0, 0.05) is 12.4 Å². The van der Waals surface area contributed by atoms with E-state index in [1.54, 1.807) is 0 Å². The number of nitrogens with two attached hydrogens (primary N) is 1. The average molecular weight is 238 g/mol. The molecule has 0 aliphatic carbocycles. The van der Waals surface area contributed by atoms with Crippen LogP contribution >= 0.6 is 0 Å². The summed E-state index contributed by atoms with van der Waals surface area (Å²) in [4.78, 5) is 41.1. The highest BCUT2D eigenvalue weighted by Crippen LogP contribution is 2.01. The summed E-state index contributed by atoms with van der Waals surface area (Å²) in [5.74, 6) is -2.69. The maximum absolute atomic E-state index is 11.8. The molecule has 0 saturated heterocycles. The van der Waals surface area contributed by atoms with Gasteiger partial charge in [0.1, 0.15) is 19.4 Å². The molecule has 0 aliphatic rings. The first-order chi connectivity index (χ1) is 8.00. The third-order valence-corrected chi connectivity index (χ3v) is 1.77. The summed E-state index contributed by atoms with van der Waals surface area (Å²) in [6.45, 7) is -1.09. The van der Waals surface area contributed by atoms with Crippen molar-refractivity contribution in [2.24, 2.45) is 5.73 Å². The van der Waals surface area contributed by atoms with Gasteiger partial charge in [-0.3, -0.25) is 14.4 Å². The molecule has 1 aromatic rings. The number of nitrogens with zero attached hydrogens (tertiary/aromatic N) is 3. The number of carboxylic acids is 1. The van der Waals surface area contributed by atoms with Crippen LogP contribution in [0.4, 0.5) is 0 Å². The Balaban J connectivity index is 2.86. The predicted molar refractivity (Wildman–Crippen MR) is 54.8 cm³/mol. The van der Waals surface area contributed by atoms with Crippen molar-refractivity contribution in [3.8, 4) is 0 Å². The molecule has 0 saturated carbocycles. The molecule has 17 heavy (non-hydrogen) atoms. The number of aromatic nitrogens is 2. The van der Waals surface area contributed by atoms with Crippen LogP contribution in [0.1, 0.15) is 10.4 Å². The van der Waals surface area contributed by atoms with Crippen molar-refractivity contribution in [1.82, 2.24) is 14.9 Å². The van der Waals surface area contributed by atoms with Crippen LogP contribution in [0, 0.1) is 0 Å². The van der Waals surface area contributed by atoms with E-state index in [0.29, 0.717) is 0 Å². The molecule has 0 spiro atoms. The van der Waals surface area contributed by atoms with Crippen LogP contribution in [0.25, 0.3) is 0 Å². The second-order valence-electron chi connectivity index (χ2n) is 3.15. The highest BCUT2D eigenvalue weighted by atomic mass is 16.4. The summed E-state index contributed by atoms with van der Waals surface area (Å²) >= 11 is 0. The number of amides is 2. The Morgan fingerprint density at radius 2 is 1.82 bits per heavy atom. The number of hydrogen-bond acceptors (Lipinski definition) is 5. The van der Waals surface area contributed by atoms with Crippen LogP contribution in [0.5, 0.6) is 0 Å². The van der Waals surface area contributed by atoms with E-state index in [4.69, 9.17) is 10.8 Å². The molecule has 1 aromatic heterocycles. The quantitative estimate of drug-likeness (QED) is 0.642. The van der Waals surface area contributed by atoms with Crippen LogP contribution in [-0.2, 0) is 9.59 Å². The first kappa shape index (κ1) is 12.6. The number of carbonyl (C=O) groups is 3. The number of primary amides is 1. The molecule has 1 heterocycles. The standard InChI is InChI=1S/C9H10N4O4/c10-7(14)3-13(4-8(15)16)9(17)6-1-11-5-12-2-6/h1-2,5H,3-4H2,(H2,10,14)(H,15,16). The van der Waals surface area contributed by atoms with E-state index in [1.165, 1.54) is 18.7 Å². The highest BCUT2D eigenvalue weighted by molar-refractivity contribution is 5.97. The molecule has 8 nitrogen and oxygen atoms in total. The fourth-order valence-electron chi connectivity index (χ4n) is 1.14. The molecule has 0 atom stereocenters. The zero-order valence-corrected chi connectivity index (χ0v) is 8.74. The largest absolute Gasteiger partial charge is 0.480 e. The first-order valence-corrected chi connectivity index (χ1v) is 4.55. The molecule has 0 radical (unpaired) electrons. The summed E-state index contributed by atoms with van der Waals surface area (Å²) in [5.41, 5.74) is 5.02. The van der Waals surface area contributed by atoms with Gasteiger partial charge >= 0.3 is 5.97 Å². The Morgan fingerprint density at radius 3 is 2.29 bits per heavy atom. The molecular formula is C9H10N4O4. The highest BCUT2D eigenvalue weighted by Gasteiger charge is 2.20. The Morgan fingerprint density at radius 1 is 1.24 bits per heavy atom. The normalized spacial score (nSPS) is 9.65. The predicted octanol–water partition coefficient (Wildman–Crippen LogP) is -1.51. The van der Waals surface area contributed by atoms with E-state index >= 15 is 0 Å². The summed E-state index contributed by atoms with van der Waals surface area (Å²) < 4.78 is 0. The monoisotopic (exact) mass is 238 g/mol. The van der Waals surface area contributed by atoms with E-state index in [-0.39, 0.29) is 5.56 Å². The van der Waals surface area contributed by atoms with Crippen molar-refractivity contribution in [2.75, 3.05) is 13.1 Å². The topological polar surface area (TPSA) is 126 Å². The maximum atomic E-state index is 11.8. The number of carbonyl (C=O) groups excluding carboxylic acids is 2. The van der Waals surface area contributed by atoms with E-state index in [2.05, 4.69) is 9.97 Å². The SMILES string of the molecule is NC(=O)CN(CC(=O)O)C(=O)c1cncnc1. The summed E-state index contributed by atoms with van der Waals surface area (Å²) in [6, 6.07) is 0. The fourth-order valence-corrected chi connectivity index (χ4v) is 1.14. The first-order valence-electron chi connectivity index (χ1n) is 4.55. The number of rotatable bonds is 5. The molecular weight excluding hydrogens is 228 g/mol. The Kier molecular flexibility index (Phi) is 4.09.